The molecule has 1 aliphatic carbocycles. The van der Waals surface area contributed by atoms with Crippen LogP contribution in [0.25, 0.3) is 0 Å². The van der Waals surface area contributed by atoms with Crippen LogP contribution in [0.4, 0.5) is 0 Å². The van der Waals surface area contributed by atoms with E-state index in [0.29, 0.717) is 32.8 Å². The Morgan fingerprint density at radius 1 is 1.14 bits per heavy atom. The van der Waals surface area contributed by atoms with Gasteiger partial charge in [-0.2, -0.15) is 0 Å². The summed E-state index contributed by atoms with van der Waals surface area (Å²) >= 11 is 12.2. The summed E-state index contributed by atoms with van der Waals surface area (Å²) < 4.78 is 10.5. The Bertz CT molecular complexity index is 491. The number of ether oxygens (including phenoxy) is 2. The average Bonchev–Trinajstić information content (AvgIpc) is 2.90. The van der Waals surface area contributed by atoms with Crippen molar-refractivity contribution < 1.29 is 14.3 Å². The summed E-state index contributed by atoms with van der Waals surface area (Å²) in [5, 5.41) is 0.663. The topological polar surface area (TPSA) is 35.5 Å². The van der Waals surface area contributed by atoms with Gasteiger partial charge in [-0.1, -0.05) is 36.0 Å². The first kappa shape index (κ1) is 19.1. The van der Waals surface area contributed by atoms with Crippen LogP contribution in [-0.4, -0.2) is 44.3 Å². The predicted molar refractivity (Wildman–Crippen MR) is 90.2 cm³/mol. The fourth-order valence-corrected chi connectivity index (χ4v) is 4.57. The summed E-state index contributed by atoms with van der Waals surface area (Å²) in [6.45, 7) is 0. The first-order valence-electron chi connectivity index (χ1n) is 6.49. The number of carbonyl (C=O) groups is 1. The van der Waals surface area contributed by atoms with Gasteiger partial charge >= 0.3 is 0 Å². The molecule has 0 heterocycles. The molecule has 1 atom stereocenters. The van der Waals surface area contributed by atoms with E-state index in [4.69, 9.17) is 32.7 Å². The number of rotatable bonds is 5. The van der Waals surface area contributed by atoms with Gasteiger partial charge in [0.15, 0.2) is 17.0 Å². The summed E-state index contributed by atoms with van der Waals surface area (Å²) in [5.41, 5.74) is 0.849. The van der Waals surface area contributed by atoms with E-state index in [9.17, 15) is 4.79 Å². The maximum absolute atomic E-state index is 12.6. The fraction of sp³-hybridized carbons (Fsp3) is 0.500. The number of hydrogen-bond acceptors (Lipinski definition) is 3. The van der Waals surface area contributed by atoms with Gasteiger partial charge in [0.05, 0.1) is 24.3 Å². The standard InChI is InChI=1S/C14H17Cl2O3P.Li/c1-18-12-9(15)7-10(16)13(19-2)11(12)14(17)20-8-5-3-4-6-8;/h7-8,20H,3-6H2,1-2H3;. The number of hydrogen-bond donors (Lipinski definition) is 0. The molecule has 0 N–H and O–H groups in total. The van der Waals surface area contributed by atoms with Crippen LogP contribution in [0.5, 0.6) is 11.5 Å². The molecule has 21 heavy (non-hydrogen) atoms. The molecule has 0 saturated heterocycles. The smallest absolute Gasteiger partial charge is 0.188 e. The van der Waals surface area contributed by atoms with E-state index < -0.39 is 0 Å². The SMILES string of the molecule is COc1c(Cl)cc(Cl)c(OC)c1C(=O)PC1CCCC1.[Li]. The zero-order valence-electron chi connectivity index (χ0n) is 12.5. The first-order valence-corrected chi connectivity index (χ1v) is 8.32. The van der Waals surface area contributed by atoms with Gasteiger partial charge in [-0.15, -0.1) is 0 Å². The second-order valence-corrected chi connectivity index (χ2v) is 7.11. The normalized spacial score (nSPS) is 15.2. The number of methoxy groups -OCH3 is 2. The molecule has 3 nitrogen and oxygen atoms in total. The van der Waals surface area contributed by atoms with E-state index in [2.05, 4.69) is 0 Å². The van der Waals surface area contributed by atoms with Gasteiger partial charge < -0.3 is 9.47 Å². The van der Waals surface area contributed by atoms with Crippen LogP contribution in [0.1, 0.15) is 36.0 Å². The van der Waals surface area contributed by atoms with Crippen molar-refractivity contribution in [3.05, 3.63) is 21.7 Å². The van der Waals surface area contributed by atoms with Crippen LogP contribution in [0.2, 0.25) is 10.0 Å². The van der Waals surface area contributed by atoms with Crippen LogP contribution >= 0.6 is 31.8 Å². The molecule has 111 valence electrons. The Morgan fingerprint density at radius 3 is 2.05 bits per heavy atom. The van der Waals surface area contributed by atoms with Crippen LogP contribution in [0, 0.1) is 0 Å². The van der Waals surface area contributed by atoms with Crippen LogP contribution in [0.15, 0.2) is 6.07 Å². The summed E-state index contributed by atoms with van der Waals surface area (Å²) in [6, 6.07) is 1.54. The summed E-state index contributed by atoms with van der Waals surface area (Å²) in [5.74, 6) is 0.701. The zero-order chi connectivity index (χ0) is 14.7. The molecule has 0 aromatic heterocycles. The number of benzene rings is 1. The summed E-state index contributed by atoms with van der Waals surface area (Å²) in [7, 11) is 3.19. The van der Waals surface area contributed by atoms with Gasteiger partial charge in [0.25, 0.3) is 0 Å². The average molecular weight is 342 g/mol. The van der Waals surface area contributed by atoms with Crippen molar-refractivity contribution in [1.82, 2.24) is 0 Å². The molecule has 0 amide bonds. The molecule has 0 spiro atoms. The van der Waals surface area contributed by atoms with Crippen LogP contribution < -0.4 is 9.47 Å². The minimum absolute atomic E-state index is 0. The van der Waals surface area contributed by atoms with Crippen molar-refractivity contribution in [1.29, 1.82) is 0 Å². The van der Waals surface area contributed by atoms with Crippen molar-refractivity contribution in [2.24, 2.45) is 0 Å². The van der Waals surface area contributed by atoms with Gasteiger partial charge in [-0.25, -0.2) is 0 Å². The summed E-state index contributed by atoms with van der Waals surface area (Å²) in [4.78, 5) is 12.6. The van der Waals surface area contributed by atoms with Gasteiger partial charge in [0.2, 0.25) is 0 Å². The molecular weight excluding hydrogens is 325 g/mol. The van der Waals surface area contributed by atoms with Crippen molar-refractivity contribution in [2.45, 2.75) is 31.3 Å². The Morgan fingerprint density at radius 2 is 1.62 bits per heavy atom. The second kappa shape index (κ2) is 8.66. The van der Waals surface area contributed by atoms with E-state index in [-0.39, 0.29) is 33.0 Å². The fourth-order valence-electron chi connectivity index (χ4n) is 2.52. The number of carbonyl (C=O) groups excluding carboxylic acids is 1. The van der Waals surface area contributed by atoms with E-state index in [1.165, 1.54) is 33.1 Å². The molecule has 1 aromatic carbocycles. The van der Waals surface area contributed by atoms with Crippen LogP contribution in [0.3, 0.4) is 0 Å². The third-order valence-corrected chi connectivity index (χ3v) is 5.53. The minimum atomic E-state index is 0. The zero-order valence-corrected chi connectivity index (χ0v) is 15.0. The van der Waals surface area contributed by atoms with Gasteiger partial charge in [0.1, 0.15) is 5.56 Å². The molecule has 0 aliphatic heterocycles. The monoisotopic (exact) mass is 341 g/mol. The maximum atomic E-state index is 12.6. The van der Waals surface area contributed by atoms with E-state index in [0.717, 1.165) is 12.8 Å². The summed E-state index contributed by atoms with van der Waals surface area (Å²) in [6.07, 6.45) is 4.64. The molecule has 7 heteroatoms. The molecule has 0 bridgehead atoms. The van der Waals surface area contributed by atoms with Gasteiger partial charge in [-0.3, -0.25) is 4.79 Å². The van der Waals surface area contributed by atoms with E-state index >= 15 is 0 Å². The molecule has 1 fully saturated rings. The van der Waals surface area contributed by atoms with Crippen molar-refractivity contribution >= 4 is 56.2 Å². The Kier molecular flexibility index (Phi) is 7.89. The van der Waals surface area contributed by atoms with Crippen molar-refractivity contribution in [3.8, 4) is 11.5 Å². The molecule has 1 radical (unpaired) electrons. The first-order chi connectivity index (χ1) is 9.58. The van der Waals surface area contributed by atoms with E-state index in [1.54, 1.807) is 0 Å². The third-order valence-electron chi connectivity index (χ3n) is 3.47. The van der Waals surface area contributed by atoms with E-state index in [1.807, 2.05) is 0 Å². The van der Waals surface area contributed by atoms with Crippen LogP contribution in [-0.2, 0) is 0 Å². The molecule has 1 aliphatic rings. The Hall–Kier alpha value is 0.0974. The van der Waals surface area contributed by atoms with Crippen molar-refractivity contribution in [2.75, 3.05) is 14.2 Å². The molecule has 1 aromatic rings. The Balaban J connectivity index is 0.00000220. The maximum Gasteiger partial charge on any atom is 0.188 e. The molecular formula is C14H17Cl2LiO3P. The predicted octanol–water partition coefficient (Wildman–Crippen LogP) is 4.39. The third kappa shape index (κ3) is 4.31. The number of halogens is 2. The molecule has 2 rings (SSSR count). The van der Waals surface area contributed by atoms with Crippen molar-refractivity contribution in [3.63, 3.8) is 0 Å². The quantitative estimate of drug-likeness (QED) is 0.588. The largest absolute Gasteiger partial charge is 0.494 e. The Labute approximate surface area is 149 Å². The molecule has 1 unspecified atom stereocenters. The molecule has 1 saturated carbocycles. The van der Waals surface area contributed by atoms with Gasteiger partial charge in [0, 0.05) is 18.9 Å². The minimum Gasteiger partial charge on any atom is -0.494 e. The second-order valence-electron chi connectivity index (χ2n) is 4.74. The van der Waals surface area contributed by atoms with Gasteiger partial charge in [-0.05, 0) is 33.1 Å².